The number of phenolic OH excluding ortho intramolecular Hbond substituents is 2. The molecule has 1 aromatic carbocycles. The number of rotatable bonds is 3. The van der Waals surface area contributed by atoms with Crippen LogP contribution in [-0.4, -0.2) is 59.0 Å². The third-order valence-corrected chi connectivity index (χ3v) is 5.36. The molecule has 2 N–H and O–H groups in total. The monoisotopic (exact) mass is 472 g/mol. The van der Waals surface area contributed by atoms with E-state index in [1.807, 2.05) is 36.1 Å². The van der Waals surface area contributed by atoms with Gasteiger partial charge in [-0.05, 0) is 63.7 Å². The van der Waals surface area contributed by atoms with Gasteiger partial charge in [0, 0.05) is 32.0 Å². The summed E-state index contributed by atoms with van der Waals surface area (Å²) in [5.41, 5.74) is 1.05. The number of aromatic hydroxyl groups is 2. The predicted octanol–water partition coefficient (Wildman–Crippen LogP) is 4.50. The van der Waals surface area contributed by atoms with Crippen LogP contribution in [0.25, 0.3) is 0 Å². The van der Waals surface area contributed by atoms with Gasteiger partial charge in [-0.25, -0.2) is 4.79 Å². The lowest BCUT2D eigenvalue weighted by molar-refractivity contribution is -0.118. The minimum atomic E-state index is -0.629. The van der Waals surface area contributed by atoms with E-state index in [0.717, 1.165) is 38.4 Å². The fraction of sp³-hybridized carbons (Fsp3) is 0.500. The molecule has 8 nitrogen and oxygen atoms in total. The zero-order valence-electron chi connectivity index (χ0n) is 20.1. The number of phenols is 2. The highest BCUT2D eigenvalue weighted by molar-refractivity contribution is 6.00. The van der Waals surface area contributed by atoms with Gasteiger partial charge in [0.1, 0.15) is 29.8 Å². The summed E-state index contributed by atoms with van der Waals surface area (Å²) in [7, 11) is 0. The molecule has 0 aromatic heterocycles. The summed E-state index contributed by atoms with van der Waals surface area (Å²) in [5, 5.41) is 24.1. The van der Waals surface area contributed by atoms with Crippen LogP contribution in [0.5, 0.6) is 11.5 Å². The highest BCUT2D eigenvalue weighted by Crippen LogP contribution is 2.29. The lowest BCUT2D eigenvalue weighted by atomic mass is 9.99. The van der Waals surface area contributed by atoms with Gasteiger partial charge in [0.05, 0.1) is 5.71 Å². The molecule has 1 atom stereocenters. The molecule has 34 heavy (non-hydrogen) atoms. The van der Waals surface area contributed by atoms with Crippen molar-refractivity contribution in [1.82, 2.24) is 4.90 Å². The quantitative estimate of drug-likeness (QED) is 0.290. The molecule has 0 saturated carbocycles. The van der Waals surface area contributed by atoms with Crippen molar-refractivity contribution >= 4 is 18.1 Å². The Labute approximate surface area is 201 Å². The van der Waals surface area contributed by atoms with E-state index in [2.05, 4.69) is 5.16 Å². The first-order chi connectivity index (χ1) is 16.4. The van der Waals surface area contributed by atoms with E-state index in [9.17, 15) is 19.8 Å². The maximum absolute atomic E-state index is 12.6. The van der Waals surface area contributed by atoms with Crippen molar-refractivity contribution in [3.8, 4) is 11.5 Å². The molecule has 0 spiro atoms. The van der Waals surface area contributed by atoms with Crippen LogP contribution in [0.15, 0.2) is 41.6 Å². The molecule has 2 aliphatic rings. The number of carbonyl (C=O) groups excluding carboxylic acids is 2. The van der Waals surface area contributed by atoms with Gasteiger partial charge in [0.25, 0.3) is 0 Å². The van der Waals surface area contributed by atoms with Crippen molar-refractivity contribution in [2.24, 2.45) is 5.16 Å². The summed E-state index contributed by atoms with van der Waals surface area (Å²) < 4.78 is 5.44. The van der Waals surface area contributed by atoms with Gasteiger partial charge < -0.3 is 24.7 Å². The second-order valence-electron chi connectivity index (χ2n) is 8.28. The lowest BCUT2D eigenvalue weighted by Crippen LogP contribution is -2.27. The number of cyclic esters (lactones) is 1. The molecule has 186 valence electrons. The first kappa shape index (κ1) is 27.0. The van der Waals surface area contributed by atoms with E-state index in [-0.39, 0.29) is 29.6 Å². The number of amides is 1. The van der Waals surface area contributed by atoms with Gasteiger partial charge in [-0.15, -0.1) is 0 Å². The van der Waals surface area contributed by atoms with Gasteiger partial charge in [-0.3, -0.25) is 4.79 Å². The van der Waals surface area contributed by atoms with Crippen LogP contribution in [-0.2, 0) is 20.8 Å². The second-order valence-corrected chi connectivity index (χ2v) is 8.28. The van der Waals surface area contributed by atoms with E-state index in [1.165, 1.54) is 25.3 Å². The average Bonchev–Trinajstić information content (AvgIpc) is 2.81. The Morgan fingerprint density at radius 3 is 2.56 bits per heavy atom. The molecule has 1 fully saturated rings. The molecular formula is C26H36N2O6. The fourth-order valence-corrected chi connectivity index (χ4v) is 3.64. The van der Waals surface area contributed by atoms with Crippen LogP contribution in [0, 0.1) is 0 Å². The van der Waals surface area contributed by atoms with Crippen molar-refractivity contribution < 1.29 is 29.4 Å². The Kier molecular flexibility index (Phi) is 11.7. The number of ether oxygens (including phenoxy) is 1. The topological polar surface area (TPSA) is 109 Å². The standard InChI is InChI=1S/C20H25NO5.C6H11NO/c1-3-25-21-16-10-8-6-4-5-7-9-14(2)26-20(24)19-15(11-16)12-17(22)13-18(19)23;8-6-7-4-2-1-3-5-7/h5,7-8,10,12-14,22-23H,3-4,6,9,11H2,1-2H3;6H,1-5H2/b7-5+,10-8+,21-16+;/t14-;/m1./s1. The van der Waals surface area contributed by atoms with Gasteiger partial charge >= 0.3 is 5.97 Å². The Bertz CT molecular complexity index is 888. The third-order valence-electron chi connectivity index (χ3n) is 5.36. The minimum absolute atomic E-state index is 0.0355. The van der Waals surface area contributed by atoms with Crippen LogP contribution >= 0.6 is 0 Å². The van der Waals surface area contributed by atoms with E-state index in [1.54, 1.807) is 6.92 Å². The molecule has 0 bridgehead atoms. The molecule has 0 unspecified atom stereocenters. The van der Waals surface area contributed by atoms with Crippen molar-refractivity contribution in [3.63, 3.8) is 0 Å². The number of likely N-dealkylation sites (tertiary alicyclic amines) is 1. The fourth-order valence-electron chi connectivity index (χ4n) is 3.64. The van der Waals surface area contributed by atoms with Gasteiger partial charge in [0.15, 0.2) is 0 Å². The normalized spacial score (nSPS) is 22.3. The van der Waals surface area contributed by atoms with Crippen LogP contribution in [0.1, 0.15) is 68.3 Å². The molecule has 0 radical (unpaired) electrons. The number of allylic oxidation sites excluding steroid dienone is 3. The smallest absolute Gasteiger partial charge is 0.342 e. The van der Waals surface area contributed by atoms with Crippen molar-refractivity contribution in [3.05, 3.63) is 47.6 Å². The summed E-state index contributed by atoms with van der Waals surface area (Å²) in [6.07, 6.45) is 14.7. The van der Waals surface area contributed by atoms with Crippen LogP contribution in [0.2, 0.25) is 0 Å². The van der Waals surface area contributed by atoms with Crippen LogP contribution in [0.3, 0.4) is 0 Å². The third kappa shape index (κ3) is 9.29. The van der Waals surface area contributed by atoms with E-state index in [4.69, 9.17) is 9.57 Å². The first-order valence-electron chi connectivity index (χ1n) is 11.9. The molecule has 1 saturated heterocycles. The second kappa shape index (κ2) is 14.8. The Balaban J connectivity index is 0.000000430. The van der Waals surface area contributed by atoms with Crippen molar-refractivity contribution in [2.45, 2.75) is 64.9 Å². The maximum atomic E-state index is 12.6. The van der Waals surface area contributed by atoms with Crippen molar-refractivity contribution in [1.29, 1.82) is 0 Å². The summed E-state index contributed by atoms with van der Waals surface area (Å²) in [6.45, 7) is 5.99. The Morgan fingerprint density at radius 2 is 1.88 bits per heavy atom. The number of carbonyl (C=O) groups is 2. The summed E-state index contributed by atoms with van der Waals surface area (Å²) in [4.78, 5) is 29.6. The number of hydrogen-bond acceptors (Lipinski definition) is 7. The molecule has 3 rings (SSSR count). The number of fused-ring (bicyclic) bond motifs is 1. The number of benzene rings is 1. The lowest BCUT2D eigenvalue weighted by Gasteiger charge is -2.21. The molecule has 2 heterocycles. The number of piperidine rings is 1. The number of esters is 1. The van der Waals surface area contributed by atoms with Crippen LogP contribution in [0.4, 0.5) is 0 Å². The number of hydrogen-bond donors (Lipinski definition) is 2. The first-order valence-corrected chi connectivity index (χ1v) is 11.9. The minimum Gasteiger partial charge on any atom is -0.508 e. The van der Waals surface area contributed by atoms with Gasteiger partial charge in [0.2, 0.25) is 6.41 Å². The van der Waals surface area contributed by atoms with Gasteiger partial charge in [-0.1, -0.05) is 23.4 Å². The largest absolute Gasteiger partial charge is 0.508 e. The van der Waals surface area contributed by atoms with Crippen molar-refractivity contribution in [2.75, 3.05) is 19.7 Å². The summed E-state index contributed by atoms with van der Waals surface area (Å²) in [5.74, 6) is -1.08. The number of oxime groups is 1. The highest BCUT2D eigenvalue weighted by Gasteiger charge is 2.22. The summed E-state index contributed by atoms with van der Waals surface area (Å²) in [6, 6.07) is 2.56. The van der Waals surface area contributed by atoms with Crippen LogP contribution < -0.4 is 0 Å². The highest BCUT2D eigenvalue weighted by atomic mass is 16.6. The molecular weight excluding hydrogens is 436 g/mol. The zero-order chi connectivity index (χ0) is 24.8. The molecule has 2 aliphatic heterocycles. The van der Waals surface area contributed by atoms with E-state index >= 15 is 0 Å². The van der Waals surface area contributed by atoms with Gasteiger partial charge in [-0.2, -0.15) is 0 Å². The van der Waals surface area contributed by atoms with E-state index < -0.39 is 5.97 Å². The molecule has 8 heteroatoms. The Hall–Kier alpha value is -3.29. The summed E-state index contributed by atoms with van der Waals surface area (Å²) >= 11 is 0. The maximum Gasteiger partial charge on any atom is 0.342 e. The zero-order valence-corrected chi connectivity index (χ0v) is 20.1. The SMILES string of the molecule is CCO/N=C1\C=C\CC/C=C/C[C@@H](C)OC(=O)c2c(O)cc(O)cc2C1.O=CN1CCCCC1. The predicted molar refractivity (Wildman–Crippen MR) is 131 cm³/mol. The molecule has 1 aromatic rings. The van der Waals surface area contributed by atoms with E-state index in [0.29, 0.717) is 24.3 Å². The number of nitrogens with zero attached hydrogens (tertiary/aromatic N) is 2. The molecule has 0 aliphatic carbocycles. The average molecular weight is 473 g/mol. The molecule has 1 amide bonds. The Morgan fingerprint density at radius 1 is 1.15 bits per heavy atom.